The third-order valence-electron chi connectivity index (χ3n) is 3.35. The first-order chi connectivity index (χ1) is 9.11. The predicted molar refractivity (Wildman–Crippen MR) is 78.4 cm³/mol. The van der Waals surface area contributed by atoms with Crippen LogP contribution in [0.4, 0.5) is 5.69 Å². The monoisotopic (exact) mass is 278 g/mol. The van der Waals surface area contributed by atoms with Gasteiger partial charge in [0.1, 0.15) is 0 Å². The lowest BCUT2D eigenvalue weighted by atomic mass is 9.90. The fraction of sp³-hybridized carbons (Fsp3) is 0.429. The van der Waals surface area contributed by atoms with Crippen molar-refractivity contribution in [3.63, 3.8) is 0 Å². The van der Waals surface area contributed by atoms with Crippen LogP contribution in [-0.4, -0.2) is 29.9 Å². The van der Waals surface area contributed by atoms with Gasteiger partial charge in [-0.15, -0.1) is 0 Å². The van der Waals surface area contributed by atoms with E-state index in [1.54, 1.807) is 0 Å². The van der Waals surface area contributed by atoms with E-state index in [4.69, 9.17) is 0 Å². The number of fused-ring (bicyclic) bond motifs is 1. The molecular formula is C14H18N2O2S. The third kappa shape index (κ3) is 3.29. The zero-order chi connectivity index (χ0) is 13.8. The molecule has 1 aromatic carbocycles. The third-order valence-corrected chi connectivity index (χ3v) is 4.27. The molecule has 2 amide bonds. The van der Waals surface area contributed by atoms with Crippen molar-refractivity contribution >= 4 is 29.3 Å². The number of rotatable bonds is 4. The summed E-state index contributed by atoms with van der Waals surface area (Å²) < 4.78 is 0. The van der Waals surface area contributed by atoms with Gasteiger partial charge in [0, 0.05) is 24.6 Å². The predicted octanol–water partition coefficient (Wildman–Crippen LogP) is 1.98. The maximum atomic E-state index is 11.8. The van der Waals surface area contributed by atoms with Gasteiger partial charge in [-0.25, -0.2) is 0 Å². The summed E-state index contributed by atoms with van der Waals surface area (Å²) in [7, 11) is 0. The highest BCUT2D eigenvalue weighted by molar-refractivity contribution is 7.99. The Kier molecular flexibility index (Phi) is 4.47. The summed E-state index contributed by atoms with van der Waals surface area (Å²) in [6, 6.07) is 7.75. The van der Waals surface area contributed by atoms with Crippen molar-refractivity contribution < 1.29 is 9.59 Å². The van der Waals surface area contributed by atoms with Gasteiger partial charge in [-0.2, -0.15) is 11.8 Å². The number of hydrogen-bond donors (Lipinski definition) is 2. The number of carbonyl (C=O) groups is 2. The van der Waals surface area contributed by atoms with Gasteiger partial charge in [0.05, 0.1) is 5.25 Å². The van der Waals surface area contributed by atoms with Crippen LogP contribution < -0.4 is 10.6 Å². The van der Waals surface area contributed by atoms with Gasteiger partial charge in [-0.1, -0.05) is 18.2 Å². The van der Waals surface area contributed by atoms with Gasteiger partial charge >= 0.3 is 0 Å². The van der Waals surface area contributed by atoms with Gasteiger partial charge in [-0.3, -0.25) is 9.59 Å². The standard InChI is InChI=1S/C14H18N2O2S/c1-9(19-2)14(18)15-8-10-7-13(17)16-12-6-4-3-5-11(10)12/h3-6,9-10H,7-8H2,1-2H3,(H,15,18)(H,16,17)/t9-,10-/m1/s1. The number of thioether (sulfide) groups is 1. The Morgan fingerprint density at radius 3 is 3.00 bits per heavy atom. The largest absolute Gasteiger partial charge is 0.355 e. The molecule has 1 aliphatic rings. The fourth-order valence-electron chi connectivity index (χ4n) is 2.16. The van der Waals surface area contributed by atoms with Crippen LogP contribution in [0.1, 0.15) is 24.8 Å². The Labute approximate surface area is 117 Å². The Morgan fingerprint density at radius 1 is 1.53 bits per heavy atom. The normalized spacial score (nSPS) is 19.3. The van der Waals surface area contributed by atoms with Crippen LogP contribution in [0.5, 0.6) is 0 Å². The summed E-state index contributed by atoms with van der Waals surface area (Å²) >= 11 is 1.51. The number of anilines is 1. The highest BCUT2D eigenvalue weighted by Crippen LogP contribution is 2.31. The first-order valence-electron chi connectivity index (χ1n) is 6.31. The quantitative estimate of drug-likeness (QED) is 0.885. The molecule has 102 valence electrons. The summed E-state index contributed by atoms with van der Waals surface area (Å²) in [5.74, 6) is 0.0924. The van der Waals surface area contributed by atoms with E-state index in [1.165, 1.54) is 11.8 Å². The molecule has 0 saturated heterocycles. The Hall–Kier alpha value is -1.49. The maximum Gasteiger partial charge on any atom is 0.232 e. The topological polar surface area (TPSA) is 58.2 Å². The second kappa shape index (κ2) is 6.10. The van der Waals surface area contributed by atoms with Crippen molar-refractivity contribution in [3.8, 4) is 0 Å². The minimum absolute atomic E-state index is 0.0101. The molecule has 2 N–H and O–H groups in total. The highest BCUT2D eigenvalue weighted by atomic mass is 32.2. The molecule has 0 radical (unpaired) electrons. The van der Waals surface area contributed by atoms with Crippen molar-refractivity contribution in [1.82, 2.24) is 5.32 Å². The van der Waals surface area contributed by atoms with Gasteiger partial charge in [-0.05, 0) is 24.8 Å². The number of para-hydroxylation sites is 1. The summed E-state index contributed by atoms with van der Waals surface area (Å²) in [6.07, 6.45) is 2.33. The zero-order valence-corrected chi connectivity index (χ0v) is 11.9. The van der Waals surface area contributed by atoms with Gasteiger partial charge in [0.15, 0.2) is 0 Å². The van der Waals surface area contributed by atoms with Crippen LogP contribution in [-0.2, 0) is 9.59 Å². The van der Waals surface area contributed by atoms with Crippen molar-refractivity contribution in [2.75, 3.05) is 18.1 Å². The van der Waals surface area contributed by atoms with Crippen LogP contribution in [0.15, 0.2) is 24.3 Å². The molecule has 19 heavy (non-hydrogen) atoms. The van der Waals surface area contributed by atoms with Crippen LogP contribution in [0.3, 0.4) is 0 Å². The summed E-state index contributed by atoms with van der Waals surface area (Å²) in [4.78, 5) is 23.4. The summed E-state index contributed by atoms with van der Waals surface area (Å²) in [5.41, 5.74) is 1.95. The molecule has 1 heterocycles. The van der Waals surface area contributed by atoms with Crippen LogP contribution in [0.2, 0.25) is 0 Å². The molecule has 0 aromatic heterocycles. The molecule has 0 fully saturated rings. The number of carbonyl (C=O) groups excluding carboxylic acids is 2. The van der Waals surface area contributed by atoms with E-state index in [2.05, 4.69) is 10.6 Å². The number of hydrogen-bond acceptors (Lipinski definition) is 3. The lowest BCUT2D eigenvalue weighted by Gasteiger charge is -2.26. The van der Waals surface area contributed by atoms with Crippen molar-refractivity contribution in [3.05, 3.63) is 29.8 Å². The Balaban J connectivity index is 2.05. The molecule has 2 atom stereocenters. The van der Waals surface area contributed by atoms with Crippen LogP contribution >= 0.6 is 11.8 Å². The summed E-state index contributed by atoms with van der Waals surface area (Å²) in [5, 5.41) is 5.72. The number of nitrogens with one attached hydrogen (secondary N) is 2. The van der Waals surface area contributed by atoms with E-state index < -0.39 is 0 Å². The molecule has 1 aliphatic heterocycles. The first kappa shape index (κ1) is 13.9. The van der Waals surface area contributed by atoms with E-state index in [0.29, 0.717) is 13.0 Å². The maximum absolute atomic E-state index is 11.8. The molecule has 1 aromatic rings. The van der Waals surface area contributed by atoms with E-state index in [-0.39, 0.29) is 23.0 Å². The van der Waals surface area contributed by atoms with E-state index in [1.807, 2.05) is 37.4 Å². The smallest absolute Gasteiger partial charge is 0.232 e. The molecule has 2 rings (SSSR count). The molecule has 4 nitrogen and oxygen atoms in total. The zero-order valence-electron chi connectivity index (χ0n) is 11.1. The van der Waals surface area contributed by atoms with Crippen molar-refractivity contribution in [2.45, 2.75) is 24.5 Å². The molecule has 0 unspecified atom stereocenters. The SMILES string of the molecule is CS[C@H](C)C(=O)NC[C@H]1CC(=O)Nc2ccccc21. The molecule has 0 aliphatic carbocycles. The molecule has 0 bridgehead atoms. The fourth-order valence-corrected chi connectivity index (χ4v) is 2.46. The van der Waals surface area contributed by atoms with Gasteiger partial charge in [0.25, 0.3) is 0 Å². The van der Waals surface area contributed by atoms with E-state index >= 15 is 0 Å². The minimum atomic E-state index is -0.0624. The Morgan fingerprint density at radius 2 is 2.26 bits per heavy atom. The highest BCUT2D eigenvalue weighted by Gasteiger charge is 2.25. The van der Waals surface area contributed by atoms with Gasteiger partial charge < -0.3 is 10.6 Å². The van der Waals surface area contributed by atoms with Crippen molar-refractivity contribution in [2.24, 2.45) is 0 Å². The van der Waals surface area contributed by atoms with Gasteiger partial charge in [0.2, 0.25) is 11.8 Å². The first-order valence-corrected chi connectivity index (χ1v) is 7.60. The van der Waals surface area contributed by atoms with Crippen molar-refractivity contribution in [1.29, 1.82) is 0 Å². The van der Waals surface area contributed by atoms with E-state index in [0.717, 1.165) is 11.3 Å². The molecule has 5 heteroatoms. The average Bonchev–Trinajstić information content (AvgIpc) is 2.43. The summed E-state index contributed by atoms with van der Waals surface area (Å²) in [6.45, 7) is 2.38. The lowest BCUT2D eigenvalue weighted by Crippen LogP contribution is -2.36. The molecular weight excluding hydrogens is 260 g/mol. The second-order valence-corrected chi connectivity index (χ2v) is 5.84. The minimum Gasteiger partial charge on any atom is -0.355 e. The van der Waals surface area contributed by atoms with Crippen LogP contribution in [0.25, 0.3) is 0 Å². The lowest BCUT2D eigenvalue weighted by molar-refractivity contribution is -0.121. The van der Waals surface area contributed by atoms with Crippen LogP contribution in [0, 0.1) is 0 Å². The average molecular weight is 278 g/mol. The molecule has 0 spiro atoms. The Bertz CT molecular complexity index is 490. The second-order valence-electron chi connectivity index (χ2n) is 4.66. The number of benzene rings is 1. The molecule has 0 saturated carbocycles. The van der Waals surface area contributed by atoms with E-state index in [9.17, 15) is 9.59 Å². The number of amides is 2.